The topological polar surface area (TPSA) is 105 Å². The van der Waals surface area contributed by atoms with E-state index in [4.69, 9.17) is 9.47 Å². The van der Waals surface area contributed by atoms with Gasteiger partial charge in [-0.05, 0) is 39.3 Å². The molecule has 1 atom stereocenters. The highest BCUT2D eigenvalue weighted by molar-refractivity contribution is 6.01. The fraction of sp³-hybridized carbons (Fsp3) is 0.320. The molecule has 1 aromatic heterocycles. The zero-order valence-electron chi connectivity index (χ0n) is 19.3. The lowest BCUT2D eigenvalue weighted by Gasteiger charge is -2.22. The van der Waals surface area contributed by atoms with Crippen molar-refractivity contribution in [3.05, 3.63) is 71.4 Å². The summed E-state index contributed by atoms with van der Waals surface area (Å²) in [5, 5.41) is 7.67. The van der Waals surface area contributed by atoms with Crippen molar-refractivity contribution >= 4 is 29.1 Å². The number of amides is 2. The molecule has 0 saturated heterocycles. The molecule has 174 valence electrons. The van der Waals surface area contributed by atoms with Gasteiger partial charge in [0, 0.05) is 22.2 Å². The van der Waals surface area contributed by atoms with Crippen LogP contribution in [0.2, 0.25) is 0 Å². The number of hydrazone groups is 1. The SMILES string of the molecule is Cc1[nH]c2ccccc2c1/C=N\NC(=O)[C@H](COCc1ccccc1)NC(=O)OC(C)(C)C. The van der Waals surface area contributed by atoms with Gasteiger partial charge in [0.25, 0.3) is 5.91 Å². The van der Waals surface area contributed by atoms with E-state index < -0.39 is 23.6 Å². The standard InChI is InChI=1S/C25H30N4O4/c1-17-20(19-12-8-9-13-21(19)27-17)14-26-29-23(30)22(28-24(31)33-25(2,3)4)16-32-15-18-10-6-5-7-11-18/h5-14,22,27H,15-16H2,1-4H3,(H,28,31)(H,29,30)/b26-14-/t22-/m0/s1. The fourth-order valence-electron chi connectivity index (χ4n) is 3.20. The molecule has 2 amide bonds. The second-order valence-electron chi connectivity index (χ2n) is 8.64. The number of aryl methyl sites for hydroxylation is 1. The highest BCUT2D eigenvalue weighted by Gasteiger charge is 2.24. The predicted octanol–water partition coefficient (Wildman–Crippen LogP) is 4.04. The summed E-state index contributed by atoms with van der Waals surface area (Å²) in [5.41, 5.74) is 5.56. The van der Waals surface area contributed by atoms with E-state index in [2.05, 4.69) is 20.8 Å². The Hall–Kier alpha value is -3.65. The molecule has 33 heavy (non-hydrogen) atoms. The molecule has 0 aliphatic carbocycles. The van der Waals surface area contributed by atoms with E-state index in [0.717, 1.165) is 27.7 Å². The average Bonchev–Trinajstić information content (AvgIpc) is 3.07. The van der Waals surface area contributed by atoms with Crippen LogP contribution in [0.1, 0.15) is 37.6 Å². The summed E-state index contributed by atoms with van der Waals surface area (Å²) in [6, 6.07) is 16.4. The lowest BCUT2D eigenvalue weighted by Crippen LogP contribution is -2.49. The molecule has 0 spiro atoms. The zero-order chi connectivity index (χ0) is 23.8. The minimum atomic E-state index is -0.982. The molecule has 8 nitrogen and oxygen atoms in total. The van der Waals surface area contributed by atoms with E-state index >= 15 is 0 Å². The van der Waals surface area contributed by atoms with Crippen molar-refractivity contribution in [3.63, 3.8) is 0 Å². The quantitative estimate of drug-likeness (QED) is 0.356. The van der Waals surface area contributed by atoms with Crippen molar-refractivity contribution in [2.24, 2.45) is 5.10 Å². The van der Waals surface area contributed by atoms with E-state index in [9.17, 15) is 9.59 Å². The number of carbonyl (C=O) groups excluding carboxylic acids is 2. The molecule has 3 rings (SSSR count). The summed E-state index contributed by atoms with van der Waals surface area (Å²) in [5.74, 6) is -0.511. The Bertz CT molecular complexity index is 1120. The molecule has 2 aromatic carbocycles. The number of hydrogen-bond acceptors (Lipinski definition) is 5. The average molecular weight is 451 g/mol. The number of aromatic nitrogens is 1. The number of benzene rings is 2. The number of alkyl carbamates (subject to hydrolysis) is 1. The first-order valence-electron chi connectivity index (χ1n) is 10.7. The van der Waals surface area contributed by atoms with Crippen LogP contribution in [0.25, 0.3) is 10.9 Å². The molecule has 1 heterocycles. The Labute approximate surface area is 193 Å². The maximum absolute atomic E-state index is 12.8. The van der Waals surface area contributed by atoms with Gasteiger partial charge < -0.3 is 19.8 Å². The van der Waals surface area contributed by atoms with Gasteiger partial charge in [-0.1, -0.05) is 48.5 Å². The maximum Gasteiger partial charge on any atom is 0.408 e. The molecule has 0 radical (unpaired) electrons. The number of nitrogens with zero attached hydrogens (tertiary/aromatic N) is 1. The van der Waals surface area contributed by atoms with Gasteiger partial charge in [-0.3, -0.25) is 4.79 Å². The highest BCUT2D eigenvalue weighted by atomic mass is 16.6. The summed E-state index contributed by atoms with van der Waals surface area (Å²) in [4.78, 5) is 28.3. The van der Waals surface area contributed by atoms with Crippen LogP contribution in [-0.4, -0.2) is 41.4 Å². The normalized spacial score (nSPS) is 12.6. The van der Waals surface area contributed by atoms with Crippen LogP contribution in [0.4, 0.5) is 4.79 Å². The first-order valence-corrected chi connectivity index (χ1v) is 10.7. The fourth-order valence-corrected chi connectivity index (χ4v) is 3.20. The maximum atomic E-state index is 12.8. The van der Waals surface area contributed by atoms with Gasteiger partial charge in [-0.15, -0.1) is 0 Å². The van der Waals surface area contributed by atoms with Crippen LogP contribution in [0, 0.1) is 6.92 Å². The lowest BCUT2D eigenvalue weighted by atomic mass is 10.1. The molecule has 0 bridgehead atoms. The Morgan fingerprint density at radius 2 is 1.79 bits per heavy atom. The third-order valence-corrected chi connectivity index (χ3v) is 4.72. The number of para-hydroxylation sites is 1. The molecular formula is C25H30N4O4. The van der Waals surface area contributed by atoms with Crippen LogP contribution >= 0.6 is 0 Å². The number of hydrogen-bond donors (Lipinski definition) is 3. The van der Waals surface area contributed by atoms with Crippen molar-refractivity contribution < 1.29 is 19.1 Å². The monoisotopic (exact) mass is 450 g/mol. The van der Waals surface area contributed by atoms with Crippen LogP contribution in [0.3, 0.4) is 0 Å². The number of ether oxygens (including phenoxy) is 2. The minimum Gasteiger partial charge on any atom is -0.444 e. The molecule has 3 aromatic rings. The van der Waals surface area contributed by atoms with Crippen molar-refractivity contribution in [3.8, 4) is 0 Å². The van der Waals surface area contributed by atoms with E-state index in [-0.39, 0.29) is 6.61 Å². The van der Waals surface area contributed by atoms with Crippen molar-refractivity contribution in [1.29, 1.82) is 0 Å². The second kappa shape index (κ2) is 10.8. The minimum absolute atomic E-state index is 0.0401. The van der Waals surface area contributed by atoms with Crippen molar-refractivity contribution in [2.45, 2.75) is 45.9 Å². The van der Waals surface area contributed by atoms with Crippen molar-refractivity contribution in [2.75, 3.05) is 6.61 Å². The number of aromatic amines is 1. The van der Waals surface area contributed by atoms with Gasteiger partial charge in [-0.25, -0.2) is 10.2 Å². The van der Waals surface area contributed by atoms with Gasteiger partial charge >= 0.3 is 6.09 Å². The first-order chi connectivity index (χ1) is 15.7. The van der Waals surface area contributed by atoms with Gasteiger partial charge in [0.1, 0.15) is 11.6 Å². The molecule has 0 aliphatic heterocycles. The Balaban J connectivity index is 1.65. The van der Waals surface area contributed by atoms with Gasteiger partial charge in [0.15, 0.2) is 0 Å². The Morgan fingerprint density at radius 3 is 2.52 bits per heavy atom. The van der Waals surface area contributed by atoms with E-state index in [1.807, 2.05) is 61.5 Å². The summed E-state index contributed by atoms with van der Waals surface area (Å²) in [6.07, 6.45) is 0.879. The van der Waals surface area contributed by atoms with Crippen molar-refractivity contribution in [1.82, 2.24) is 15.7 Å². The molecule has 0 saturated carbocycles. The smallest absolute Gasteiger partial charge is 0.408 e. The molecule has 0 aliphatic rings. The largest absolute Gasteiger partial charge is 0.444 e. The third kappa shape index (κ3) is 7.18. The van der Waals surface area contributed by atoms with Crippen LogP contribution < -0.4 is 10.7 Å². The molecule has 8 heteroatoms. The van der Waals surface area contributed by atoms with Crippen LogP contribution in [0.5, 0.6) is 0 Å². The molecule has 3 N–H and O–H groups in total. The Kier molecular flexibility index (Phi) is 7.84. The van der Waals surface area contributed by atoms with Gasteiger partial charge in [0.05, 0.1) is 19.4 Å². The molecule has 0 fully saturated rings. The summed E-state index contributed by atoms with van der Waals surface area (Å²) in [6.45, 7) is 7.46. The molecule has 0 unspecified atom stereocenters. The number of H-pyrrole nitrogens is 1. The second-order valence-corrected chi connectivity index (χ2v) is 8.64. The van der Waals surface area contributed by atoms with E-state index in [1.165, 1.54) is 0 Å². The Morgan fingerprint density at radius 1 is 1.09 bits per heavy atom. The van der Waals surface area contributed by atoms with E-state index in [1.54, 1.807) is 27.0 Å². The molecular weight excluding hydrogens is 420 g/mol. The number of fused-ring (bicyclic) bond motifs is 1. The van der Waals surface area contributed by atoms with Crippen LogP contribution in [0.15, 0.2) is 59.7 Å². The summed E-state index contributed by atoms with van der Waals surface area (Å²) >= 11 is 0. The number of carbonyl (C=O) groups is 2. The predicted molar refractivity (Wildman–Crippen MR) is 128 cm³/mol. The van der Waals surface area contributed by atoms with Gasteiger partial charge in [-0.2, -0.15) is 5.10 Å². The summed E-state index contributed by atoms with van der Waals surface area (Å²) in [7, 11) is 0. The zero-order valence-corrected chi connectivity index (χ0v) is 19.3. The lowest BCUT2D eigenvalue weighted by molar-refractivity contribution is -0.124. The van der Waals surface area contributed by atoms with Crippen LogP contribution in [-0.2, 0) is 20.9 Å². The summed E-state index contributed by atoms with van der Waals surface area (Å²) < 4.78 is 11.0. The highest BCUT2D eigenvalue weighted by Crippen LogP contribution is 2.19. The number of nitrogens with one attached hydrogen (secondary N) is 3. The van der Waals surface area contributed by atoms with E-state index in [0.29, 0.717) is 6.61 Å². The first kappa shape index (κ1) is 24.0. The third-order valence-electron chi connectivity index (χ3n) is 4.72. The van der Waals surface area contributed by atoms with Gasteiger partial charge in [0.2, 0.25) is 0 Å². The number of rotatable bonds is 8.